The van der Waals surface area contributed by atoms with E-state index >= 15 is 0 Å². The maximum Gasteiger partial charge on any atom is 0.433 e. The van der Waals surface area contributed by atoms with Crippen LogP contribution in [0.5, 0.6) is 0 Å². The molecule has 6 heteroatoms. The number of rotatable bonds is 0. The van der Waals surface area contributed by atoms with E-state index in [2.05, 4.69) is 15.2 Å². The number of aryl methyl sites for hydroxylation is 1. The van der Waals surface area contributed by atoms with Gasteiger partial charge in [0.15, 0.2) is 0 Å². The van der Waals surface area contributed by atoms with Gasteiger partial charge in [0.2, 0.25) is 0 Å². The molecule has 3 nitrogen and oxygen atoms in total. The lowest BCUT2D eigenvalue weighted by atomic mass is 9.92. The zero-order chi connectivity index (χ0) is 12.0. The number of hydrogen-bond acceptors (Lipinski definition) is 2. The highest BCUT2D eigenvalue weighted by atomic mass is 19.4. The van der Waals surface area contributed by atoms with E-state index in [-0.39, 0.29) is 5.56 Å². The number of aromatic nitrogens is 3. The molecule has 0 unspecified atom stereocenters. The molecule has 0 aromatic carbocycles. The number of nitrogens with zero attached hydrogens (tertiary/aromatic N) is 2. The molecule has 2 aromatic heterocycles. The third-order valence-corrected chi connectivity index (χ3v) is 2.91. The van der Waals surface area contributed by atoms with Gasteiger partial charge in [-0.25, -0.2) is 0 Å². The molecule has 0 fully saturated rings. The first-order valence-electron chi connectivity index (χ1n) is 5.16. The van der Waals surface area contributed by atoms with Crippen LogP contribution in [0.15, 0.2) is 18.3 Å². The average Bonchev–Trinajstić information content (AvgIpc) is 2.72. The predicted octanol–water partition coefficient (Wildman–Crippen LogP) is 2.59. The summed E-state index contributed by atoms with van der Waals surface area (Å²) in [5.41, 5.74) is 1.31. The fraction of sp³-hybridized carbons (Fsp3) is 0.273. The van der Waals surface area contributed by atoms with E-state index in [4.69, 9.17) is 0 Å². The number of hydrogen-bond donors (Lipinski definition) is 1. The van der Waals surface area contributed by atoms with Crippen LogP contribution in [0.1, 0.15) is 16.8 Å². The predicted molar refractivity (Wildman–Crippen MR) is 54.2 cm³/mol. The minimum Gasteiger partial charge on any atom is -0.273 e. The summed E-state index contributed by atoms with van der Waals surface area (Å²) in [6.07, 6.45) is -1.90. The molecular formula is C11H8F3N3. The molecule has 0 radical (unpaired) electrons. The van der Waals surface area contributed by atoms with Crippen LogP contribution in [0.25, 0.3) is 11.4 Å². The van der Waals surface area contributed by atoms with Gasteiger partial charge in [-0.15, -0.1) is 0 Å². The maximum absolute atomic E-state index is 12.7. The Labute approximate surface area is 94.7 Å². The molecule has 0 aliphatic heterocycles. The lowest BCUT2D eigenvalue weighted by Crippen LogP contribution is -2.12. The Balaban J connectivity index is 2.20. The first-order valence-corrected chi connectivity index (χ1v) is 5.16. The van der Waals surface area contributed by atoms with Crippen molar-refractivity contribution in [2.75, 3.05) is 0 Å². The first kappa shape index (κ1) is 10.3. The minimum absolute atomic E-state index is 0.226. The second-order valence-electron chi connectivity index (χ2n) is 3.93. The Morgan fingerprint density at radius 1 is 1.18 bits per heavy atom. The summed E-state index contributed by atoms with van der Waals surface area (Å²) in [7, 11) is 0. The Morgan fingerprint density at radius 3 is 2.76 bits per heavy atom. The minimum atomic E-state index is -4.38. The molecule has 88 valence electrons. The fourth-order valence-electron chi connectivity index (χ4n) is 2.15. The van der Waals surface area contributed by atoms with Crippen LogP contribution in [-0.2, 0) is 19.0 Å². The van der Waals surface area contributed by atoms with Gasteiger partial charge in [-0.3, -0.25) is 10.1 Å². The van der Waals surface area contributed by atoms with Crippen LogP contribution in [0.4, 0.5) is 13.2 Å². The van der Waals surface area contributed by atoms with Gasteiger partial charge in [-0.1, -0.05) is 6.07 Å². The van der Waals surface area contributed by atoms with Crippen molar-refractivity contribution in [3.05, 3.63) is 35.2 Å². The number of nitrogens with one attached hydrogen (secondary N) is 1. The van der Waals surface area contributed by atoms with Gasteiger partial charge >= 0.3 is 6.18 Å². The van der Waals surface area contributed by atoms with E-state index in [1.54, 1.807) is 12.3 Å². The zero-order valence-electron chi connectivity index (χ0n) is 8.67. The largest absolute Gasteiger partial charge is 0.433 e. The van der Waals surface area contributed by atoms with Crippen LogP contribution in [-0.4, -0.2) is 15.2 Å². The van der Waals surface area contributed by atoms with E-state index in [1.807, 2.05) is 6.07 Å². The summed E-state index contributed by atoms with van der Waals surface area (Å²) >= 11 is 0. The molecule has 0 spiro atoms. The molecule has 1 aliphatic rings. The summed E-state index contributed by atoms with van der Waals surface area (Å²) in [4.78, 5) is 4.11. The van der Waals surface area contributed by atoms with Gasteiger partial charge < -0.3 is 0 Å². The van der Waals surface area contributed by atoms with Crippen molar-refractivity contribution in [1.82, 2.24) is 15.2 Å². The average molecular weight is 239 g/mol. The molecule has 2 aromatic rings. The monoisotopic (exact) mass is 239 g/mol. The number of pyridine rings is 1. The van der Waals surface area contributed by atoms with Crippen molar-refractivity contribution in [2.45, 2.75) is 19.0 Å². The van der Waals surface area contributed by atoms with Gasteiger partial charge in [0.05, 0.1) is 5.69 Å². The van der Waals surface area contributed by atoms with Crippen molar-refractivity contribution in [3.8, 4) is 11.4 Å². The zero-order valence-corrected chi connectivity index (χ0v) is 8.67. The molecule has 0 bridgehead atoms. The van der Waals surface area contributed by atoms with Gasteiger partial charge in [0.1, 0.15) is 11.4 Å². The Morgan fingerprint density at radius 2 is 2.00 bits per heavy atom. The van der Waals surface area contributed by atoms with E-state index in [1.165, 1.54) is 0 Å². The van der Waals surface area contributed by atoms with Crippen LogP contribution >= 0.6 is 0 Å². The van der Waals surface area contributed by atoms with Gasteiger partial charge in [-0.2, -0.15) is 18.3 Å². The van der Waals surface area contributed by atoms with Crippen molar-refractivity contribution < 1.29 is 13.2 Å². The Hall–Kier alpha value is -1.85. The summed E-state index contributed by atoms with van der Waals surface area (Å²) in [5, 5.41) is 5.84. The molecule has 1 N–H and O–H groups in total. The van der Waals surface area contributed by atoms with Crippen molar-refractivity contribution in [3.63, 3.8) is 0 Å². The topological polar surface area (TPSA) is 41.6 Å². The molecular weight excluding hydrogens is 231 g/mol. The highest BCUT2D eigenvalue weighted by Gasteiger charge is 2.38. The van der Waals surface area contributed by atoms with Gasteiger partial charge in [-0.05, 0) is 24.5 Å². The molecule has 3 rings (SSSR count). The van der Waals surface area contributed by atoms with E-state index in [0.717, 1.165) is 5.56 Å². The second-order valence-corrected chi connectivity index (χ2v) is 3.93. The third kappa shape index (κ3) is 1.51. The quantitative estimate of drug-likeness (QED) is 0.767. The van der Waals surface area contributed by atoms with Gasteiger partial charge in [0.25, 0.3) is 0 Å². The van der Waals surface area contributed by atoms with Crippen molar-refractivity contribution in [2.24, 2.45) is 0 Å². The Bertz CT molecular complexity index is 572. The molecule has 0 saturated heterocycles. The van der Waals surface area contributed by atoms with Gasteiger partial charge in [0, 0.05) is 11.8 Å². The van der Waals surface area contributed by atoms with E-state index in [0.29, 0.717) is 24.2 Å². The molecule has 17 heavy (non-hydrogen) atoms. The van der Waals surface area contributed by atoms with Crippen molar-refractivity contribution in [1.29, 1.82) is 0 Å². The van der Waals surface area contributed by atoms with Crippen molar-refractivity contribution >= 4 is 0 Å². The second kappa shape index (κ2) is 3.32. The lowest BCUT2D eigenvalue weighted by Gasteiger charge is -2.15. The van der Waals surface area contributed by atoms with E-state index < -0.39 is 11.9 Å². The molecule has 0 atom stereocenters. The highest BCUT2D eigenvalue weighted by Crippen LogP contribution is 2.38. The standard InChI is InChI=1S/C11H8F3N3/c12-11(13,14)10-7-4-3-6-2-1-5-15-8(6)9(7)16-17-10/h1-2,5H,3-4H2,(H,16,17). The molecule has 0 amide bonds. The number of alkyl halides is 3. The summed E-state index contributed by atoms with van der Waals surface area (Å²) in [6.45, 7) is 0. The Kier molecular flexibility index (Phi) is 2.01. The van der Waals surface area contributed by atoms with Crippen LogP contribution in [0.2, 0.25) is 0 Å². The molecule has 2 heterocycles. The van der Waals surface area contributed by atoms with Crippen LogP contribution in [0, 0.1) is 0 Å². The first-order chi connectivity index (χ1) is 8.07. The molecule has 0 saturated carbocycles. The third-order valence-electron chi connectivity index (χ3n) is 2.91. The summed E-state index contributed by atoms with van der Waals surface area (Å²) in [5.74, 6) is 0. The highest BCUT2D eigenvalue weighted by molar-refractivity contribution is 5.66. The van der Waals surface area contributed by atoms with Crippen LogP contribution in [0.3, 0.4) is 0 Å². The maximum atomic E-state index is 12.7. The normalized spacial score (nSPS) is 14.3. The van der Waals surface area contributed by atoms with E-state index in [9.17, 15) is 13.2 Å². The number of aromatic amines is 1. The number of H-pyrrole nitrogens is 1. The smallest absolute Gasteiger partial charge is 0.273 e. The lowest BCUT2D eigenvalue weighted by molar-refractivity contribution is -0.141. The summed E-state index contributed by atoms with van der Waals surface area (Å²) < 4.78 is 38.1. The summed E-state index contributed by atoms with van der Waals surface area (Å²) in [6, 6.07) is 3.65. The molecule has 1 aliphatic carbocycles. The SMILES string of the molecule is FC(F)(F)c1[nH]nc2c1CCc1cccnc1-2. The van der Waals surface area contributed by atoms with Crippen LogP contribution < -0.4 is 0 Å². The number of halogens is 3. The number of fused-ring (bicyclic) bond motifs is 3. The fourth-order valence-corrected chi connectivity index (χ4v) is 2.15.